The maximum Gasteiger partial charge on any atom is 0.0375 e. The second-order valence-electron chi connectivity index (χ2n) is 4.62. The topological polar surface area (TPSA) is 12.0 Å². The molecule has 1 N–H and O–H groups in total. The fourth-order valence-corrected chi connectivity index (χ4v) is 3.08. The molecule has 74 valence electrons. The molecule has 1 nitrogen and oxygen atoms in total. The summed E-state index contributed by atoms with van der Waals surface area (Å²) in [7, 11) is 0. The van der Waals surface area contributed by atoms with E-state index in [1.165, 1.54) is 37.9 Å². The van der Waals surface area contributed by atoms with Gasteiger partial charge in [-0.15, -0.1) is 0 Å². The molecular formula is C13H17N. The highest BCUT2D eigenvalue weighted by Gasteiger charge is 2.30. The van der Waals surface area contributed by atoms with Gasteiger partial charge in [0.05, 0.1) is 0 Å². The molecule has 1 saturated carbocycles. The van der Waals surface area contributed by atoms with Crippen LogP contribution in [0.4, 0.5) is 5.69 Å². The Bertz CT molecular complexity index is 332. The number of fused-ring (bicyclic) bond motifs is 3. The molecule has 1 heteroatoms. The van der Waals surface area contributed by atoms with Crippen molar-refractivity contribution in [2.75, 3.05) is 11.9 Å². The van der Waals surface area contributed by atoms with Crippen molar-refractivity contribution in [3.63, 3.8) is 0 Å². The van der Waals surface area contributed by atoms with Gasteiger partial charge in [-0.25, -0.2) is 0 Å². The van der Waals surface area contributed by atoms with Crippen LogP contribution in [0.3, 0.4) is 0 Å². The fraction of sp³-hybridized carbons (Fsp3) is 0.538. The predicted molar refractivity (Wildman–Crippen MR) is 59.6 cm³/mol. The van der Waals surface area contributed by atoms with Gasteiger partial charge in [0.1, 0.15) is 0 Å². The van der Waals surface area contributed by atoms with Gasteiger partial charge in [-0.05, 0) is 36.3 Å². The summed E-state index contributed by atoms with van der Waals surface area (Å²) in [5.74, 6) is 1.75. The molecular weight excluding hydrogens is 170 g/mol. The summed E-state index contributed by atoms with van der Waals surface area (Å²) >= 11 is 0. The van der Waals surface area contributed by atoms with Crippen LogP contribution >= 0.6 is 0 Å². The van der Waals surface area contributed by atoms with E-state index in [4.69, 9.17) is 0 Å². The Morgan fingerprint density at radius 3 is 2.93 bits per heavy atom. The molecule has 1 aromatic carbocycles. The molecule has 1 fully saturated rings. The molecule has 0 amide bonds. The van der Waals surface area contributed by atoms with E-state index in [9.17, 15) is 0 Å². The molecule has 0 bridgehead atoms. The van der Waals surface area contributed by atoms with Crippen LogP contribution in [0.25, 0.3) is 0 Å². The summed E-state index contributed by atoms with van der Waals surface area (Å²) in [6.07, 6.45) is 5.69. The van der Waals surface area contributed by atoms with Gasteiger partial charge in [-0.2, -0.15) is 0 Å². The van der Waals surface area contributed by atoms with E-state index in [0.717, 1.165) is 11.8 Å². The van der Waals surface area contributed by atoms with E-state index in [-0.39, 0.29) is 0 Å². The highest BCUT2D eigenvalue weighted by atomic mass is 14.9. The first-order chi connectivity index (χ1) is 6.95. The third-order valence-corrected chi connectivity index (χ3v) is 3.82. The largest absolute Gasteiger partial charge is 0.385 e. The Balaban J connectivity index is 1.99. The summed E-state index contributed by atoms with van der Waals surface area (Å²) in [6.45, 7) is 1.20. The minimum Gasteiger partial charge on any atom is -0.385 e. The van der Waals surface area contributed by atoms with Crippen molar-refractivity contribution in [1.82, 2.24) is 0 Å². The van der Waals surface area contributed by atoms with E-state index < -0.39 is 0 Å². The number of hydrogen-bond acceptors (Lipinski definition) is 1. The molecule has 3 rings (SSSR count). The van der Waals surface area contributed by atoms with Gasteiger partial charge in [0.15, 0.2) is 0 Å². The standard InChI is InChI=1S/C13H17N/c1-2-6-11-10(5-1)9-14-13-8-4-3-7-12(11)13/h3-4,7-8,10-11,14H,1-2,5-6,9H2/t10-,11-/m0/s1. The molecule has 1 aromatic rings. The van der Waals surface area contributed by atoms with Crippen LogP contribution in [0.1, 0.15) is 37.2 Å². The van der Waals surface area contributed by atoms with Crippen molar-refractivity contribution < 1.29 is 0 Å². The normalized spacial score (nSPS) is 30.0. The summed E-state index contributed by atoms with van der Waals surface area (Å²) in [6, 6.07) is 8.84. The third kappa shape index (κ3) is 1.23. The summed E-state index contributed by atoms with van der Waals surface area (Å²) in [4.78, 5) is 0. The van der Waals surface area contributed by atoms with Gasteiger partial charge >= 0.3 is 0 Å². The summed E-state index contributed by atoms with van der Waals surface area (Å²) < 4.78 is 0. The molecule has 0 radical (unpaired) electrons. The van der Waals surface area contributed by atoms with Gasteiger partial charge < -0.3 is 5.32 Å². The first kappa shape index (κ1) is 8.34. The van der Waals surface area contributed by atoms with E-state index in [1.54, 1.807) is 5.56 Å². The van der Waals surface area contributed by atoms with E-state index >= 15 is 0 Å². The van der Waals surface area contributed by atoms with E-state index in [1.807, 2.05) is 0 Å². The van der Waals surface area contributed by atoms with Crippen LogP contribution in [-0.4, -0.2) is 6.54 Å². The van der Waals surface area contributed by atoms with Crippen molar-refractivity contribution in [1.29, 1.82) is 0 Å². The van der Waals surface area contributed by atoms with E-state index in [2.05, 4.69) is 29.6 Å². The average Bonchev–Trinajstić information content (AvgIpc) is 2.29. The molecule has 14 heavy (non-hydrogen) atoms. The predicted octanol–water partition coefficient (Wildman–Crippen LogP) is 3.39. The van der Waals surface area contributed by atoms with Crippen molar-refractivity contribution in [2.45, 2.75) is 31.6 Å². The van der Waals surface area contributed by atoms with Crippen LogP contribution in [0.2, 0.25) is 0 Å². The molecule has 0 unspecified atom stereocenters. The first-order valence-electron chi connectivity index (χ1n) is 5.78. The van der Waals surface area contributed by atoms with Crippen LogP contribution in [0, 0.1) is 5.92 Å². The van der Waals surface area contributed by atoms with Crippen molar-refractivity contribution in [3.8, 4) is 0 Å². The Labute approximate surface area is 85.5 Å². The minimum atomic E-state index is 0.848. The second kappa shape index (κ2) is 3.30. The molecule has 1 aliphatic carbocycles. The zero-order valence-electron chi connectivity index (χ0n) is 8.50. The average molecular weight is 187 g/mol. The molecule has 1 aliphatic heterocycles. The zero-order chi connectivity index (χ0) is 9.38. The highest BCUT2D eigenvalue weighted by molar-refractivity contribution is 5.55. The van der Waals surface area contributed by atoms with E-state index in [0.29, 0.717) is 0 Å². The Kier molecular flexibility index (Phi) is 1.97. The number of benzene rings is 1. The molecule has 2 atom stereocenters. The van der Waals surface area contributed by atoms with Crippen LogP contribution < -0.4 is 5.32 Å². The second-order valence-corrected chi connectivity index (χ2v) is 4.62. The highest BCUT2D eigenvalue weighted by Crippen LogP contribution is 2.43. The molecule has 0 aromatic heterocycles. The molecule has 2 aliphatic rings. The monoisotopic (exact) mass is 187 g/mol. The van der Waals surface area contributed by atoms with Crippen molar-refractivity contribution in [2.24, 2.45) is 5.92 Å². The van der Waals surface area contributed by atoms with Crippen LogP contribution in [0.5, 0.6) is 0 Å². The molecule has 0 spiro atoms. The number of anilines is 1. The van der Waals surface area contributed by atoms with Gasteiger partial charge in [-0.3, -0.25) is 0 Å². The lowest BCUT2D eigenvalue weighted by Crippen LogP contribution is -2.30. The fourth-order valence-electron chi connectivity index (χ4n) is 3.08. The lowest BCUT2D eigenvalue weighted by atomic mass is 9.73. The summed E-state index contributed by atoms with van der Waals surface area (Å²) in [5.41, 5.74) is 2.96. The van der Waals surface area contributed by atoms with Crippen LogP contribution in [0.15, 0.2) is 24.3 Å². The lowest BCUT2D eigenvalue weighted by Gasteiger charge is -2.37. The van der Waals surface area contributed by atoms with Gasteiger partial charge in [-0.1, -0.05) is 31.0 Å². The van der Waals surface area contributed by atoms with Gasteiger partial charge in [0, 0.05) is 12.2 Å². The zero-order valence-corrected chi connectivity index (χ0v) is 8.50. The number of rotatable bonds is 0. The quantitative estimate of drug-likeness (QED) is 0.656. The van der Waals surface area contributed by atoms with Crippen molar-refractivity contribution in [3.05, 3.63) is 29.8 Å². The number of hydrogen-bond donors (Lipinski definition) is 1. The van der Waals surface area contributed by atoms with Gasteiger partial charge in [0.2, 0.25) is 0 Å². The van der Waals surface area contributed by atoms with Crippen molar-refractivity contribution >= 4 is 5.69 Å². The number of nitrogens with one attached hydrogen (secondary N) is 1. The molecule has 0 saturated heterocycles. The maximum absolute atomic E-state index is 3.56. The SMILES string of the molecule is c1ccc2c(c1)NC[C@@H]1CCCC[C@H]21. The summed E-state index contributed by atoms with van der Waals surface area (Å²) in [5, 5.41) is 3.56. The number of para-hydroxylation sites is 1. The first-order valence-corrected chi connectivity index (χ1v) is 5.78. The smallest absolute Gasteiger partial charge is 0.0375 e. The third-order valence-electron chi connectivity index (χ3n) is 3.82. The lowest BCUT2D eigenvalue weighted by molar-refractivity contribution is 0.313. The Morgan fingerprint density at radius 1 is 1.07 bits per heavy atom. The minimum absolute atomic E-state index is 0.848. The Hall–Kier alpha value is -0.980. The Morgan fingerprint density at radius 2 is 1.93 bits per heavy atom. The van der Waals surface area contributed by atoms with Gasteiger partial charge in [0.25, 0.3) is 0 Å². The van der Waals surface area contributed by atoms with Crippen LogP contribution in [-0.2, 0) is 0 Å². The maximum atomic E-state index is 3.56. The molecule has 1 heterocycles.